The molecule has 1 aromatic carbocycles. The van der Waals surface area contributed by atoms with Crippen molar-refractivity contribution < 1.29 is 13.2 Å². The number of nitrogens with one attached hydrogen (secondary N) is 2. The maximum Gasteiger partial charge on any atom is 0.321 e. The van der Waals surface area contributed by atoms with Crippen molar-refractivity contribution >= 4 is 27.4 Å². The molecule has 1 saturated carbocycles. The Morgan fingerprint density at radius 1 is 1.14 bits per heavy atom. The highest BCUT2D eigenvalue weighted by Crippen LogP contribution is 2.20. The number of urea groups is 1. The second-order valence-electron chi connectivity index (χ2n) is 5.76. The van der Waals surface area contributed by atoms with Crippen molar-refractivity contribution in [3.05, 3.63) is 24.3 Å². The van der Waals surface area contributed by atoms with Crippen LogP contribution in [0.4, 0.5) is 16.2 Å². The first-order valence-corrected chi connectivity index (χ1v) is 9.36. The average molecular weight is 325 g/mol. The largest absolute Gasteiger partial charge is 0.335 e. The fourth-order valence-electron chi connectivity index (χ4n) is 2.60. The number of amides is 2. The SMILES string of the molecule is CN(C(=O)NC1CCCCC1)c1ccc(NS(C)(=O)=O)cc1. The molecule has 1 aliphatic carbocycles. The van der Waals surface area contributed by atoms with Gasteiger partial charge in [0, 0.05) is 24.5 Å². The number of rotatable bonds is 4. The normalized spacial score (nSPS) is 16.1. The Kier molecular flexibility index (Phi) is 5.28. The van der Waals surface area contributed by atoms with E-state index in [1.165, 1.54) is 19.3 Å². The number of benzene rings is 1. The molecule has 0 spiro atoms. The third kappa shape index (κ3) is 4.91. The molecule has 2 amide bonds. The summed E-state index contributed by atoms with van der Waals surface area (Å²) in [4.78, 5) is 13.8. The average Bonchev–Trinajstić information content (AvgIpc) is 2.46. The lowest BCUT2D eigenvalue weighted by atomic mass is 9.96. The van der Waals surface area contributed by atoms with Crippen molar-refractivity contribution in [2.75, 3.05) is 22.9 Å². The molecule has 1 aromatic rings. The van der Waals surface area contributed by atoms with E-state index in [1.807, 2.05) is 0 Å². The van der Waals surface area contributed by atoms with Crippen LogP contribution < -0.4 is 14.9 Å². The van der Waals surface area contributed by atoms with Crippen molar-refractivity contribution in [1.82, 2.24) is 5.32 Å². The molecule has 1 aliphatic rings. The van der Waals surface area contributed by atoms with Gasteiger partial charge in [-0.25, -0.2) is 13.2 Å². The Bertz CT molecular complexity index is 607. The number of anilines is 2. The monoisotopic (exact) mass is 325 g/mol. The third-order valence-electron chi connectivity index (χ3n) is 3.80. The fourth-order valence-corrected chi connectivity index (χ4v) is 3.17. The minimum Gasteiger partial charge on any atom is -0.335 e. The summed E-state index contributed by atoms with van der Waals surface area (Å²) in [6, 6.07) is 6.84. The molecule has 2 rings (SSSR count). The number of carbonyl (C=O) groups excluding carboxylic acids is 1. The van der Waals surface area contributed by atoms with Gasteiger partial charge in [-0.05, 0) is 37.1 Å². The molecular weight excluding hydrogens is 302 g/mol. The molecule has 0 bridgehead atoms. The van der Waals surface area contributed by atoms with Crippen molar-refractivity contribution in [3.8, 4) is 0 Å². The predicted molar refractivity (Wildman–Crippen MR) is 88.7 cm³/mol. The van der Waals surface area contributed by atoms with Gasteiger partial charge in [0.05, 0.1) is 6.26 Å². The minimum absolute atomic E-state index is 0.129. The van der Waals surface area contributed by atoms with E-state index in [1.54, 1.807) is 36.2 Å². The molecule has 0 radical (unpaired) electrons. The second-order valence-corrected chi connectivity index (χ2v) is 7.51. The summed E-state index contributed by atoms with van der Waals surface area (Å²) in [6.07, 6.45) is 6.76. The van der Waals surface area contributed by atoms with E-state index in [2.05, 4.69) is 10.0 Å². The fraction of sp³-hybridized carbons (Fsp3) is 0.533. The van der Waals surface area contributed by atoms with E-state index in [4.69, 9.17) is 0 Å². The molecule has 6 nitrogen and oxygen atoms in total. The zero-order chi connectivity index (χ0) is 16.2. The van der Waals surface area contributed by atoms with Crippen LogP contribution in [0.1, 0.15) is 32.1 Å². The zero-order valence-corrected chi connectivity index (χ0v) is 13.8. The molecule has 0 unspecified atom stereocenters. The highest BCUT2D eigenvalue weighted by Gasteiger charge is 2.18. The van der Waals surface area contributed by atoms with Gasteiger partial charge in [-0.3, -0.25) is 9.62 Å². The molecule has 0 saturated heterocycles. The molecule has 22 heavy (non-hydrogen) atoms. The van der Waals surface area contributed by atoms with Crippen LogP contribution in [0.25, 0.3) is 0 Å². The van der Waals surface area contributed by atoms with Gasteiger partial charge < -0.3 is 5.32 Å². The first kappa shape index (κ1) is 16.6. The second kappa shape index (κ2) is 7.00. The number of nitrogens with zero attached hydrogens (tertiary/aromatic N) is 1. The molecule has 1 fully saturated rings. The summed E-state index contributed by atoms with van der Waals surface area (Å²) in [5, 5.41) is 3.05. The Morgan fingerprint density at radius 3 is 2.27 bits per heavy atom. The van der Waals surface area contributed by atoms with E-state index in [0.717, 1.165) is 19.1 Å². The lowest BCUT2D eigenvalue weighted by molar-refractivity contribution is 0.239. The molecule has 0 aromatic heterocycles. The summed E-state index contributed by atoms with van der Waals surface area (Å²) >= 11 is 0. The maximum atomic E-state index is 12.2. The zero-order valence-electron chi connectivity index (χ0n) is 13.0. The topological polar surface area (TPSA) is 78.5 Å². The summed E-state index contributed by atoms with van der Waals surface area (Å²) in [6.45, 7) is 0. The molecule has 0 heterocycles. The van der Waals surface area contributed by atoms with E-state index >= 15 is 0 Å². The van der Waals surface area contributed by atoms with Crippen LogP contribution in [0.15, 0.2) is 24.3 Å². The van der Waals surface area contributed by atoms with Gasteiger partial charge in [0.2, 0.25) is 10.0 Å². The van der Waals surface area contributed by atoms with Gasteiger partial charge in [-0.15, -0.1) is 0 Å². The summed E-state index contributed by atoms with van der Waals surface area (Å²) in [7, 11) is -1.58. The number of carbonyl (C=O) groups is 1. The number of hydrogen-bond donors (Lipinski definition) is 2. The first-order chi connectivity index (χ1) is 10.3. The van der Waals surface area contributed by atoms with Crippen LogP contribution in [-0.4, -0.2) is 33.8 Å². The summed E-state index contributed by atoms with van der Waals surface area (Å²) < 4.78 is 24.7. The van der Waals surface area contributed by atoms with Gasteiger partial charge in [0.25, 0.3) is 0 Å². The predicted octanol–water partition coefficient (Wildman–Crippen LogP) is 2.54. The van der Waals surface area contributed by atoms with Gasteiger partial charge in [-0.2, -0.15) is 0 Å². The van der Waals surface area contributed by atoms with E-state index in [9.17, 15) is 13.2 Å². The summed E-state index contributed by atoms with van der Waals surface area (Å²) in [5.41, 5.74) is 1.19. The van der Waals surface area contributed by atoms with Crippen LogP contribution >= 0.6 is 0 Å². The van der Waals surface area contributed by atoms with Crippen molar-refractivity contribution in [2.45, 2.75) is 38.1 Å². The van der Waals surface area contributed by atoms with Crippen molar-refractivity contribution in [3.63, 3.8) is 0 Å². The Hall–Kier alpha value is -1.76. The Balaban J connectivity index is 1.96. The van der Waals surface area contributed by atoms with Gasteiger partial charge in [0.1, 0.15) is 0 Å². The Morgan fingerprint density at radius 2 is 1.73 bits per heavy atom. The van der Waals surface area contributed by atoms with Crippen LogP contribution in [0.5, 0.6) is 0 Å². The van der Waals surface area contributed by atoms with Crippen molar-refractivity contribution in [1.29, 1.82) is 0 Å². The molecule has 122 valence electrons. The molecule has 2 N–H and O–H groups in total. The third-order valence-corrected chi connectivity index (χ3v) is 4.40. The highest BCUT2D eigenvalue weighted by atomic mass is 32.2. The lowest BCUT2D eigenvalue weighted by Gasteiger charge is -2.26. The highest BCUT2D eigenvalue weighted by molar-refractivity contribution is 7.92. The van der Waals surface area contributed by atoms with Crippen LogP contribution in [0, 0.1) is 0 Å². The van der Waals surface area contributed by atoms with Gasteiger partial charge in [0.15, 0.2) is 0 Å². The Labute approximate surface area is 131 Å². The van der Waals surface area contributed by atoms with Crippen molar-refractivity contribution in [2.24, 2.45) is 0 Å². The van der Waals surface area contributed by atoms with Gasteiger partial charge >= 0.3 is 6.03 Å². The first-order valence-electron chi connectivity index (χ1n) is 7.47. The lowest BCUT2D eigenvalue weighted by Crippen LogP contribution is -2.43. The molecular formula is C15H23N3O3S. The number of sulfonamides is 1. The molecule has 0 atom stereocenters. The molecule has 7 heteroatoms. The van der Waals surface area contributed by atoms with Crippen LogP contribution in [0.3, 0.4) is 0 Å². The summed E-state index contributed by atoms with van der Waals surface area (Å²) in [5.74, 6) is 0. The van der Waals surface area contributed by atoms with Gasteiger partial charge in [-0.1, -0.05) is 19.3 Å². The van der Waals surface area contributed by atoms with Crippen LogP contribution in [0.2, 0.25) is 0 Å². The minimum atomic E-state index is -3.29. The van der Waals surface area contributed by atoms with E-state index in [0.29, 0.717) is 11.4 Å². The standard InChI is InChI=1S/C15H23N3O3S/c1-18(15(19)16-12-6-4-3-5-7-12)14-10-8-13(9-11-14)17-22(2,20)21/h8-12,17H,3-7H2,1-2H3,(H,16,19). The maximum absolute atomic E-state index is 12.2. The van der Waals surface area contributed by atoms with Crippen LogP contribution in [-0.2, 0) is 10.0 Å². The smallest absolute Gasteiger partial charge is 0.321 e. The van der Waals surface area contributed by atoms with E-state index < -0.39 is 10.0 Å². The number of hydrogen-bond acceptors (Lipinski definition) is 3. The molecule has 0 aliphatic heterocycles. The quantitative estimate of drug-likeness (QED) is 0.893. The van der Waals surface area contributed by atoms with E-state index in [-0.39, 0.29) is 12.1 Å².